The fraction of sp³-hybridized carbons (Fsp3) is 0.632. The van der Waals surface area contributed by atoms with E-state index in [0.717, 1.165) is 38.0 Å². The minimum atomic E-state index is -4.17. The van der Waals surface area contributed by atoms with Gasteiger partial charge >= 0.3 is 6.18 Å². The highest BCUT2D eigenvalue weighted by Crippen LogP contribution is 2.18. The van der Waals surface area contributed by atoms with Crippen LogP contribution in [-0.4, -0.2) is 54.4 Å². The van der Waals surface area contributed by atoms with Crippen molar-refractivity contribution in [3.05, 3.63) is 35.4 Å². The lowest BCUT2D eigenvalue weighted by atomic mass is 10.1. The number of aliphatic hydroxyl groups is 1. The summed E-state index contributed by atoms with van der Waals surface area (Å²) in [5.74, 6) is 0.387. The van der Waals surface area contributed by atoms with E-state index in [2.05, 4.69) is 32.7 Å². The summed E-state index contributed by atoms with van der Waals surface area (Å²) in [6.07, 6.45) is -3.59. The van der Waals surface area contributed by atoms with Crippen LogP contribution in [-0.2, 0) is 13.1 Å². The molecule has 1 heterocycles. The Bertz CT molecular complexity index is 582. The molecule has 27 heavy (non-hydrogen) atoms. The lowest BCUT2D eigenvalue weighted by Gasteiger charge is -2.29. The van der Waals surface area contributed by atoms with E-state index in [-0.39, 0.29) is 12.6 Å². The molecular formula is C19H29F3N4O. The molecule has 0 atom stereocenters. The van der Waals surface area contributed by atoms with Gasteiger partial charge in [-0.2, -0.15) is 13.2 Å². The maximum Gasteiger partial charge on any atom is 0.390 e. The van der Waals surface area contributed by atoms with Crippen molar-refractivity contribution in [2.75, 3.05) is 26.2 Å². The highest BCUT2D eigenvalue weighted by Gasteiger charge is 2.26. The van der Waals surface area contributed by atoms with Crippen molar-refractivity contribution in [2.24, 2.45) is 4.99 Å². The molecule has 3 N–H and O–H groups in total. The number of halogens is 3. The lowest BCUT2D eigenvalue weighted by Crippen LogP contribution is -2.38. The second-order valence-electron chi connectivity index (χ2n) is 6.81. The van der Waals surface area contributed by atoms with Crippen LogP contribution in [0.4, 0.5) is 13.2 Å². The van der Waals surface area contributed by atoms with Gasteiger partial charge < -0.3 is 15.7 Å². The summed E-state index contributed by atoms with van der Waals surface area (Å²) in [5, 5.41) is 15.2. The molecule has 0 saturated carbocycles. The zero-order chi connectivity index (χ0) is 19.7. The van der Waals surface area contributed by atoms with Gasteiger partial charge in [0.05, 0.1) is 19.1 Å². The van der Waals surface area contributed by atoms with Crippen LogP contribution >= 0.6 is 0 Å². The van der Waals surface area contributed by atoms with Crippen LogP contribution in [0.2, 0.25) is 0 Å². The molecule has 0 amide bonds. The Morgan fingerprint density at radius 1 is 1.15 bits per heavy atom. The molecule has 1 aromatic carbocycles. The van der Waals surface area contributed by atoms with Crippen molar-refractivity contribution in [2.45, 2.75) is 51.6 Å². The molecule has 0 radical (unpaired) electrons. The Balaban J connectivity index is 1.83. The summed E-state index contributed by atoms with van der Waals surface area (Å²) in [5.41, 5.74) is 2.20. The van der Waals surface area contributed by atoms with Gasteiger partial charge in [-0.1, -0.05) is 24.3 Å². The summed E-state index contributed by atoms with van der Waals surface area (Å²) < 4.78 is 36.8. The van der Waals surface area contributed by atoms with Crippen molar-refractivity contribution < 1.29 is 18.3 Å². The van der Waals surface area contributed by atoms with Crippen LogP contribution in [0.1, 0.15) is 37.3 Å². The number of alkyl halides is 3. The fourth-order valence-corrected chi connectivity index (χ4v) is 2.92. The number of benzene rings is 1. The van der Waals surface area contributed by atoms with E-state index in [1.165, 1.54) is 5.56 Å². The monoisotopic (exact) mass is 386 g/mol. The lowest BCUT2D eigenvalue weighted by molar-refractivity contribution is -0.132. The fourth-order valence-electron chi connectivity index (χ4n) is 2.92. The first-order valence-electron chi connectivity index (χ1n) is 9.43. The van der Waals surface area contributed by atoms with Crippen molar-refractivity contribution in [3.63, 3.8) is 0 Å². The van der Waals surface area contributed by atoms with E-state index in [9.17, 15) is 18.3 Å². The summed E-state index contributed by atoms with van der Waals surface area (Å²) in [7, 11) is 0. The zero-order valence-corrected chi connectivity index (χ0v) is 15.7. The second-order valence-corrected chi connectivity index (χ2v) is 6.81. The van der Waals surface area contributed by atoms with E-state index in [0.29, 0.717) is 19.0 Å². The number of nitrogens with zero attached hydrogens (tertiary/aromatic N) is 2. The van der Waals surface area contributed by atoms with Crippen molar-refractivity contribution in [3.8, 4) is 0 Å². The molecule has 2 rings (SSSR count). The van der Waals surface area contributed by atoms with Crippen LogP contribution in [0.5, 0.6) is 0 Å². The minimum absolute atomic E-state index is 0.169. The Labute approximate surface area is 158 Å². The molecule has 1 fully saturated rings. The SMILES string of the molecule is CCNC(=NCc1ccc(CN2CCC(O)CC2)cc1)NCCC(F)(F)F. The summed E-state index contributed by atoms with van der Waals surface area (Å²) in [6.45, 7) is 5.33. The number of aliphatic imine (C=N–C) groups is 1. The molecule has 152 valence electrons. The van der Waals surface area contributed by atoms with Crippen molar-refractivity contribution in [1.29, 1.82) is 0 Å². The molecular weight excluding hydrogens is 357 g/mol. The highest BCUT2D eigenvalue weighted by atomic mass is 19.4. The van der Waals surface area contributed by atoms with Crippen LogP contribution < -0.4 is 10.6 Å². The minimum Gasteiger partial charge on any atom is -0.393 e. The molecule has 1 aliphatic rings. The number of hydrogen-bond donors (Lipinski definition) is 3. The molecule has 0 bridgehead atoms. The first kappa shape index (κ1) is 21.5. The first-order chi connectivity index (χ1) is 12.9. The first-order valence-corrected chi connectivity index (χ1v) is 9.43. The summed E-state index contributed by atoms with van der Waals surface area (Å²) in [6, 6.07) is 8.10. The maximum absolute atomic E-state index is 12.3. The Hall–Kier alpha value is -1.80. The quantitative estimate of drug-likeness (QED) is 0.498. The van der Waals surface area contributed by atoms with Gasteiger partial charge in [-0.15, -0.1) is 0 Å². The number of rotatable bonds is 7. The topological polar surface area (TPSA) is 59.9 Å². The van der Waals surface area contributed by atoms with Gasteiger partial charge in [0.15, 0.2) is 5.96 Å². The predicted octanol–water partition coefficient (Wildman–Crippen LogP) is 2.65. The molecule has 0 aromatic heterocycles. The van der Waals surface area contributed by atoms with Gasteiger partial charge in [0, 0.05) is 32.7 Å². The molecule has 0 spiro atoms. The van der Waals surface area contributed by atoms with Gasteiger partial charge in [-0.05, 0) is 30.9 Å². The molecule has 0 aliphatic carbocycles. The number of likely N-dealkylation sites (tertiary alicyclic amines) is 1. The van der Waals surface area contributed by atoms with Crippen LogP contribution in [0.3, 0.4) is 0 Å². The molecule has 0 unspecified atom stereocenters. The normalized spacial score (nSPS) is 17.1. The number of guanidine groups is 1. The van der Waals surface area contributed by atoms with Crippen LogP contribution in [0.25, 0.3) is 0 Å². The average Bonchev–Trinajstić information content (AvgIpc) is 2.62. The van der Waals surface area contributed by atoms with E-state index < -0.39 is 12.6 Å². The standard InChI is InChI=1S/C19H29F3N4O/c1-2-23-18(24-10-9-19(20,21)22)25-13-15-3-5-16(6-4-15)14-26-11-7-17(27)8-12-26/h3-6,17,27H,2,7-14H2,1H3,(H2,23,24,25). The van der Waals surface area contributed by atoms with Crippen molar-refractivity contribution >= 4 is 5.96 Å². The van der Waals surface area contributed by atoms with E-state index in [1.54, 1.807) is 0 Å². The number of hydrogen-bond acceptors (Lipinski definition) is 3. The second kappa shape index (κ2) is 10.5. The third-order valence-electron chi connectivity index (χ3n) is 4.45. The maximum atomic E-state index is 12.3. The Morgan fingerprint density at radius 2 is 1.78 bits per heavy atom. The molecule has 1 saturated heterocycles. The smallest absolute Gasteiger partial charge is 0.390 e. The number of nitrogens with one attached hydrogen (secondary N) is 2. The zero-order valence-electron chi connectivity index (χ0n) is 15.7. The van der Waals surface area contributed by atoms with Gasteiger partial charge in [0.2, 0.25) is 0 Å². The van der Waals surface area contributed by atoms with Gasteiger partial charge in [0.25, 0.3) is 0 Å². The molecule has 1 aromatic rings. The Kier molecular flexibility index (Phi) is 8.37. The largest absolute Gasteiger partial charge is 0.393 e. The third kappa shape index (κ3) is 8.62. The summed E-state index contributed by atoms with van der Waals surface area (Å²) in [4.78, 5) is 6.67. The van der Waals surface area contributed by atoms with Gasteiger partial charge in [0.1, 0.15) is 0 Å². The van der Waals surface area contributed by atoms with E-state index in [1.807, 2.05) is 19.1 Å². The van der Waals surface area contributed by atoms with Crippen LogP contribution in [0, 0.1) is 0 Å². The predicted molar refractivity (Wildman–Crippen MR) is 100 cm³/mol. The molecule has 1 aliphatic heterocycles. The highest BCUT2D eigenvalue weighted by molar-refractivity contribution is 5.79. The van der Waals surface area contributed by atoms with Gasteiger partial charge in [-0.3, -0.25) is 4.90 Å². The number of aliphatic hydroxyl groups excluding tert-OH is 1. The Morgan fingerprint density at radius 3 is 2.37 bits per heavy atom. The average molecular weight is 386 g/mol. The van der Waals surface area contributed by atoms with Crippen LogP contribution in [0.15, 0.2) is 29.3 Å². The van der Waals surface area contributed by atoms with Crippen molar-refractivity contribution in [1.82, 2.24) is 15.5 Å². The van der Waals surface area contributed by atoms with E-state index >= 15 is 0 Å². The summed E-state index contributed by atoms with van der Waals surface area (Å²) >= 11 is 0. The number of piperidine rings is 1. The third-order valence-corrected chi connectivity index (χ3v) is 4.45. The molecule has 5 nitrogen and oxygen atoms in total. The van der Waals surface area contributed by atoms with E-state index in [4.69, 9.17) is 0 Å². The molecule has 8 heteroatoms. The van der Waals surface area contributed by atoms with Gasteiger partial charge in [-0.25, -0.2) is 4.99 Å².